The molecule has 0 fully saturated rings. The van der Waals surface area contributed by atoms with Crippen molar-refractivity contribution in [2.45, 2.75) is 39.2 Å². The van der Waals surface area contributed by atoms with Crippen molar-refractivity contribution in [3.63, 3.8) is 0 Å². The molecule has 0 amide bonds. The summed E-state index contributed by atoms with van der Waals surface area (Å²) in [5.41, 5.74) is 0.0956. The zero-order valence-corrected chi connectivity index (χ0v) is 8.33. The van der Waals surface area contributed by atoms with Crippen LogP contribution in [0.2, 0.25) is 0 Å². The molecule has 1 aliphatic rings. The summed E-state index contributed by atoms with van der Waals surface area (Å²) in [6.45, 7) is 5.55. The Morgan fingerprint density at radius 1 is 1.54 bits per heavy atom. The van der Waals surface area contributed by atoms with Crippen molar-refractivity contribution >= 4 is 11.7 Å². The van der Waals surface area contributed by atoms with Gasteiger partial charge in [-0.1, -0.05) is 6.08 Å². The fourth-order valence-corrected chi connectivity index (χ4v) is 0.994. The summed E-state index contributed by atoms with van der Waals surface area (Å²) in [7, 11) is 0. The van der Waals surface area contributed by atoms with E-state index in [-0.39, 0.29) is 5.97 Å². The van der Waals surface area contributed by atoms with Gasteiger partial charge in [-0.05, 0) is 27.2 Å². The van der Waals surface area contributed by atoms with Gasteiger partial charge in [0.1, 0.15) is 11.3 Å². The Hall–Kier alpha value is -1.12. The predicted octanol–water partition coefficient (Wildman–Crippen LogP) is 2.08. The average Bonchev–Trinajstić information content (AvgIpc) is 2.03. The van der Waals surface area contributed by atoms with E-state index < -0.39 is 5.60 Å². The molecule has 0 unspecified atom stereocenters. The smallest absolute Gasteiger partial charge is 0.353 e. The molecule has 0 aromatic heterocycles. The fourth-order valence-electron chi connectivity index (χ4n) is 0.994. The standard InChI is InChI=1S/C10H15NO2/c1-10(2,3)13-9(12)8-6-4-5-7-11-8/h5,7H,4,6H2,1-3H3. The minimum absolute atomic E-state index is 0.295. The molecule has 1 aliphatic heterocycles. The number of ether oxygens (including phenoxy) is 1. The second-order valence-electron chi connectivity index (χ2n) is 4.00. The van der Waals surface area contributed by atoms with Gasteiger partial charge in [0, 0.05) is 12.6 Å². The van der Waals surface area contributed by atoms with Gasteiger partial charge in [-0.15, -0.1) is 0 Å². The van der Waals surface area contributed by atoms with Gasteiger partial charge in [-0.3, -0.25) is 4.99 Å². The Bertz CT molecular complexity index is 259. The molecule has 0 aromatic rings. The van der Waals surface area contributed by atoms with E-state index in [0.29, 0.717) is 12.1 Å². The number of rotatable bonds is 1. The summed E-state index contributed by atoms with van der Waals surface area (Å²) in [4.78, 5) is 15.4. The van der Waals surface area contributed by atoms with E-state index in [0.717, 1.165) is 6.42 Å². The molecule has 13 heavy (non-hydrogen) atoms. The summed E-state index contributed by atoms with van der Waals surface area (Å²) in [6.07, 6.45) is 5.15. The van der Waals surface area contributed by atoms with Crippen molar-refractivity contribution < 1.29 is 9.53 Å². The minimum atomic E-state index is -0.430. The molecule has 1 heterocycles. The van der Waals surface area contributed by atoms with Crippen LogP contribution in [0.15, 0.2) is 17.3 Å². The molecule has 0 aromatic carbocycles. The molecule has 3 nitrogen and oxygen atoms in total. The third-order valence-electron chi connectivity index (χ3n) is 1.52. The molecular weight excluding hydrogens is 166 g/mol. The number of aliphatic imine (C=N–C) groups is 1. The maximum Gasteiger partial charge on any atom is 0.353 e. The molecule has 0 radical (unpaired) electrons. The van der Waals surface area contributed by atoms with Crippen LogP contribution in [0.3, 0.4) is 0 Å². The molecule has 0 saturated heterocycles. The van der Waals surface area contributed by atoms with Gasteiger partial charge in [0.2, 0.25) is 0 Å². The first-order valence-electron chi connectivity index (χ1n) is 4.44. The predicted molar refractivity (Wildman–Crippen MR) is 51.7 cm³/mol. The lowest BCUT2D eigenvalue weighted by molar-refractivity contribution is -0.146. The molecule has 0 atom stereocenters. The van der Waals surface area contributed by atoms with Gasteiger partial charge in [0.25, 0.3) is 0 Å². The van der Waals surface area contributed by atoms with Crippen LogP contribution in [-0.2, 0) is 9.53 Å². The van der Waals surface area contributed by atoms with Crippen LogP contribution in [-0.4, -0.2) is 17.3 Å². The van der Waals surface area contributed by atoms with Crippen molar-refractivity contribution in [1.82, 2.24) is 0 Å². The second kappa shape index (κ2) is 3.73. The van der Waals surface area contributed by atoms with Crippen molar-refractivity contribution in [1.29, 1.82) is 0 Å². The largest absolute Gasteiger partial charge is 0.455 e. The second-order valence-corrected chi connectivity index (χ2v) is 4.00. The number of nitrogens with zero attached hydrogens (tertiary/aromatic N) is 1. The van der Waals surface area contributed by atoms with Gasteiger partial charge in [-0.2, -0.15) is 0 Å². The van der Waals surface area contributed by atoms with Crippen molar-refractivity contribution in [3.8, 4) is 0 Å². The summed E-state index contributed by atoms with van der Waals surface area (Å²) in [5, 5.41) is 0. The average molecular weight is 181 g/mol. The number of hydrogen-bond acceptors (Lipinski definition) is 3. The minimum Gasteiger partial charge on any atom is -0.455 e. The van der Waals surface area contributed by atoms with E-state index in [1.165, 1.54) is 0 Å². The number of allylic oxidation sites excluding steroid dienone is 1. The van der Waals surface area contributed by atoms with Gasteiger partial charge in [0.15, 0.2) is 0 Å². The summed E-state index contributed by atoms with van der Waals surface area (Å²) in [5.74, 6) is -0.295. The van der Waals surface area contributed by atoms with Crippen molar-refractivity contribution in [3.05, 3.63) is 12.3 Å². The Morgan fingerprint density at radius 2 is 2.23 bits per heavy atom. The highest BCUT2D eigenvalue weighted by Crippen LogP contribution is 2.11. The molecule has 0 aliphatic carbocycles. The van der Waals surface area contributed by atoms with Crippen LogP contribution in [0.25, 0.3) is 0 Å². The Balaban J connectivity index is 2.58. The Kier molecular flexibility index (Phi) is 2.86. The highest BCUT2D eigenvalue weighted by Gasteiger charge is 2.20. The summed E-state index contributed by atoms with van der Waals surface area (Å²) >= 11 is 0. The number of hydrogen-bond donors (Lipinski definition) is 0. The first-order chi connectivity index (χ1) is 5.99. The van der Waals surface area contributed by atoms with E-state index in [1.54, 1.807) is 6.20 Å². The normalized spacial score (nSPS) is 16.7. The van der Waals surface area contributed by atoms with Crippen LogP contribution in [0.1, 0.15) is 33.6 Å². The first-order valence-corrected chi connectivity index (χ1v) is 4.44. The molecule has 72 valence electrons. The van der Waals surface area contributed by atoms with E-state index in [2.05, 4.69) is 4.99 Å². The Morgan fingerprint density at radius 3 is 2.69 bits per heavy atom. The zero-order chi connectivity index (χ0) is 9.90. The van der Waals surface area contributed by atoms with Crippen molar-refractivity contribution in [2.24, 2.45) is 4.99 Å². The van der Waals surface area contributed by atoms with E-state index >= 15 is 0 Å². The molecule has 0 N–H and O–H groups in total. The van der Waals surface area contributed by atoms with Crippen LogP contribution >= 0.6 is 0 Å². The van der Waals surface area contributed by atoms with E-state index in [4.69, 9.17) is 4.74 Å². The molecular formula is C10H15NO2. The van der Waals surface area contributed by atoms with Crippen LogP contribution in [0.5, 0.6) is 0 Å². The lowest BCUT2D eigenvalue weighted by atomic mass is 10.1. The first kappa shape index (κ1) is 9.96. The SMILES string of the molecule is CC(C)(C)OC(=O)C1=NC=CCC1. The van der Waals surface area contributed by atoms with Gasteiger partial charge >= 0.3 is 5.97 Å². The maximum atomic E-state index is 11.4. The lowest BCUT2D eigenvalue weighted by Gasteiger charge is -2.20. The third kappa shape index (κ3) is 3.40. The van der Waals surface area contributed by atoms with Crippen LogP contribution in [0, 0.1) is 0 Å². The third-order valence-corrected chi connectivity index (χ3v) is 1.52. The molecule has 0 bridgehead atoms. The number of esters is 1. The van der Waals surface area contributed by atoms with E-state index in [1.807, 2.05) is 26.8 Å². The molecule has 0 spiro atoms. The quantitative estimate of drug-likeness (QED) is 0.581. The number of carbonyl (C=O) groups is 1. The Labute approximate surface area is 78.5 Å². The maximum absolute atomic E-state index is 11.4. The van der Waals surface area contributed by atoms with Crippen LogP contribution in [0.4, 0.5) is 0 Å². The summed E-state index contributed by atoms with van der Waals surface area (Å²) in [6, 6.07) is 0. The fraction of sp³-hybridized carbons (Fsp3) is 0.600. The highest BCUT2D eigenvalue weighted by molar-refractivity contribution is 6.36. The zero-order valence-electron chi connectivity index (χ0n) is 8.33. The highest BCUT2D eigenvalue weighted by atomic mass is 16.6. The number of carbonyl (C=O) groups excluding carboxylic acids is 1. The lowest BCUT2D eigenvalue weighted by Crippen LogP contribution is -2.29. The van der Waals surface area contributed by atoms with E-state index in [9.17, 15) is 4.79 Å². The molecule has 1 rings (SSSR count). The van der Waals surface area contributed by atoms with Crippen molar-refractivity contribution in [2.75, 3.05) is 0 Å². The summed E-state index contributed by atoms with van der Waals surface area (Å²) < 4.78 is 5.17. The van der Waals surface area contributed by atoms with Crippen LogP contribution < -0.4 is 0 Å². The molecule has 3 heteroatoms. The van der Waals surface area contributed by atoms with Gasteiger partial charge < -0.3 is 4.74 Å². The monoisotopic (exact) mass is 181 g/mol. The van der Waals surface area contributed by atoms with Gasteiger partial charge in [0.05, 0.1) is 0 Å². The molecule has 0 saturated carbocycles. The topological polar surface area (TPSA) is 38.7 Å². The van der Waals surface area contributed by atoms with Gasteiger partial charge in [-0.25, -0.2) is 4.79 Å².